The Morgan fingerprint density at radius 3 is 2.20 bits per heavy atom. The van der Waals surface area contributed by atoms with Gasteiger partial charge in [-0.15, -0.1) is 0 Å². The highest BCUT2D eigenvalue weighted by molar-refractivity contribution is 6.14. The third kappa shape index (κ3) is 3.84. The molecule has 0 radical (unpaired) electrons. The van der Waals surface area contributed by atoms with E-state index in [2.05, 4.69) is 62.5 Å². The summed E-state index contributed by atoms with van der Waals surface area (Å²) < 4.78 is 0. The van der Waals surface area contributed by atoms with Crippen molar-refractivity contribution in [3.8, 4) is 11.3 Å². The quantitative estimate of drug-likeness (QED) is 0.409. The number of aryl methyl sites for hydroxylation is 1. The van der Waals surface area contributed by atoms with Gasteiger partial charge in [0.25, 0.3) is 5.91 Å². The fourth-order valence-electron chi connectivity index (χ4n) is 3.74. The summed E-state index contributed by atoms with van der Waals surface area (Å²) in [6.45, 7) is 8.36. The molecule has 1 amide bonds. The number of amides is 1. The number of rotatable bonds is 4. The monoisotopic (exact) mass is 394 g/mol. The van der Waals surface area contributed by atoms with Gasteiger partial charge in [0.05, 0.1) is 16.8 Å². The third-order valence-corrected chi connectivity index (χ3v) is 5.52. The molecule has 1 heterocycles. The highest BCUT2D eigenvalue weighted by Gasteiger charge is 2.19. The minimum atomic E-state index is -0.114. The van der Waals surface area contributed by atoms with Crippen molar-refractivity contribution in [2.45, 2.75) is 33.6 Å². The number of hydrogen-bond donors (Lipinski definition) is 1. The number of hydrogen-bond acceptors (Lipinski definition) is 2. The van der Waals surface area contributed by atoms with Crippen LogP contribution in [0.2, 0.25) is 0 Å². The van der Waals surface area contributed by atoms with E-state index in [0.717, 1.165) is 33.4 Å². The first kappa shape index (κ1) is 19.8. The molecule has 0 atom stereocenters. The van der Waals surface area contributed by atoms with Crippen LogP contribution in [0.15, 0.2) is 72.8 Å². The molecule has 3 aromatic carbocycles. The van der Waals surface area contributed by atoms with E-state index in [1.807, 2.05) is 43.3 Å². The summed E-state index contributed by atoms with van der Waals surface area (Å²) in [4.78, 5) is 18.2. The van der Waals surface area contributed by atoms with Crippen molar-refractivity contribution in [1.82, 2.24) is 4.98 Å². The van der Waals surface area contributed by atoms with Gasteiger partial charge in [0.15, 0.2) is 0 Å². The van der Waals surface area contributed by atoms with Gasteiger partial charge in [-0.1, -0.05) is 74.0 Å². The molecule has 3 nitrogen and oxygen atoms in total. The topological polar surface area (TPSA) is 42.0 Å². The largest absolute Gasteiger partial charge is 0.322 e. The lowest BCUT2D eigenvalue weighted by Crippen LogP contribution is -2.15. The zero-order valence-electron chi connectivity index (χ0n) is 17.9. The summed E-state index contributed by atoms with van der Waals surface area (Å²) in [6, 6.07) is 24.1. The Hall–Kier alpha value is -3.46. The number of nitrogens with zero attached hydrogens (tertiary/aromatic N) is 1. The molecule has 4 rings (SSSR count). The molecular formula is C27H26N2O. The van der Waals surface area contributed by atoms with Crippen LogP contribution in [-0.4, -0.2) is 10.9 Å². The van der Waals surface area contributed by atoms with Gasteiger partial charge >= 0.3 is 0 Å². The van der Waals surface area contributed by atoms with Gasteiger partial charge in [-0.05, 0) is 49.1 Å². The number of para-hydroxylation sites is 1. The second kappa shape index (κ2) is 8.11. The maximum Gasteiger partial charge on any atom is 0.256 e. The Morgan fingerprint density at radius 1 is 0.867 bits per heavy atom. The minimum Gasteiger partial charge on any atom is -0.322 e. The lowest BCUT2D eigenvalue weighted by Gasteiger charge is -2.15. The molecule has 1 aromatic heterocycles. The normalized spacial score (nSPS) is 11.1. The van der Waals surface area contributed by atoms with Crippen molar-refractivity contribution in [1.29, 1.82) is 0 Å². The van der Waals surface area contributed by atoms with Crippen LogP contribution in [0.3, 0.4) is 0 Å². The smallest absolute Gasteiger partial charge is 0.256 e. The first-order chi connectivity index (χ1) is 14.4. The fourth-order valence-corrected chi connectivity index (χ4v) is 3.74. The Balaban J connectivity index is 1.79. The molecule has 0 aliphatic heterocycles. The Morgan fingerprint density at radius 2 is 1.53 bits per heavy atom. The van der Waals surface area contributed by atoms with E-state index in [4.69, 9.17) is 4.98 Å². The third-order valence-electron chi connectivity index (χ3n) is 5.52. The molecule has 0 bridgehead atoms. The molecule has 30 heavy (non-hydrogen) atoms. The van der Waals surface area contributed by atoms with Gasteiger partial charge < -0.3 is 5.32 Å². The standard InChI is InChI=1S/C27H26N2O/c1-17(2)20-13-15-22(16-14-20)28-27(30)25-19(4)26(21-11-9-18(3)10-12-21)29-24-8-6-5-7-23(24)25/h5-17H,1-4H3,(H,28,30). The van der Waals surface area contributed by atoms with Crippen LogP contribution in [0.1, 0.15) is 46.8 Å². The molecular weight excluding hydrogens is 368 g/mol. The summed E-state index contributed by atoms with van der Waals surface area (Å²) in [5, 5.41) is 3.94. The van der Waals surface area contributed by atoms with E-state index in [1.165, 1.54) is 11.1 Å². The van der Waals surface area contributed by atoms with Gasteiger partial charge in [0.1, 0.15) is 0 Å². The van der Waals surface area contributed by atoms with E-state index in [0.29, 0.717) is 11.5 Å². The van der Waals surface area contributed by atoms with Crippen molar-refractivity contribution in [2.24, 2.45) is 0 Å². The fraction of sp³-hybridized carbons (Fsp3) is 0.185. The van der Waals surface area contributed by atoms with Gasteiger partial charge in [0.2, 0.25) is 0 Å². The summed E-state index contributed by atoms with van der Waals surface area (Å²) in [5.74, 6) is 0.343. The summed E-state index contributed by atoms with van der Waals surface area (Å²) in [5.41, 5.74) is 7.46. The minimum absolute atomic E-state index is 0.114. The van der Waals surface area contributed by atoms with E-state index in [-0.39, 0.29) is 5.91 Å². The van der Waals surface area contributed by atoms with Crippen molar-refractivity contribution >= 4 is 22.5 Å². The van der Waals surface area contributed by atoms with Crippen LogP contribution in [0.5, 0.6) is 0 Å². The highest BCUT2D eigenvalue weighted by Crippen LogP contribution is 2.30. The Labute approximate surface area is 177 Å². The molecule has 3 heteroatoms. The van der Waals surface area contributed by atoms with Crippen LogP contribution < -0.4 is 5.32 Å². The molecule has 0 fully saturated rings. The number of aromatic nitrogens is 1. The average molecular weight is 395 g/mol. The van der Waals surface area contributed by atoms with E-state index in [9.17, 15) is 4.79 Å². The zero-order chi connectivity index (χ0) is 21.3. The molecule has 0 saturated carbocycles. The average Bonchev–Trinajstić information content (AvgIpc) is 2.74. The molecule has 0 aliphatic carbocycles. The van der Waals surface area contributed by atoms with Crippen LogP contribution in [0.25, 0.3) is 22.2 Å². The predicted molar refractivity (Wildman–Crippen MR) is 125 cm³/mol. The van der Waals surface area contributed by atoms with Crippen molar-refractivity contribution in [3.63, 3.8) is 0 Å². The van der Waals surface area contributed by atoms with Crippen LogP contribution >= 0.6 is 0 Å². The number of anilines is 1. The SMILES string of the molecule is Cc1ccc(-c2nc3ccccc3c(C(=O)Nc3ccc(C(C)C)cc3)c2C)cc1. The Kier molecular flexibility index (Phi) is 5.37. The van der Waals surface area contributed by atoms with Crippen LogP contribution in [0, 0.1) is 13.8 Å². The second-order valence-electron chi connectivity index (χ2n) is 8.07. The van der Waals surface area contributed by atoms with Crippen LogP contribution in [-0.2, 0) is 0 Å². The molecule has 0 aliphatic rings. The van der Waals surface area contributed by atoms with Gasteiger partial charge in [-0.25, -0.2) is 4.98 Å². The first-order valence-corrected chi connectivity index (χ1v) is 10.3. The van der Waals surface area contributed by atoms with Crippen LogP contribution in [0.4, 0.5) is 5.69 Å². The van der Waals surface area contributed by atoms with E-state index in [1.54, 1.807) is 0 Å². The van der Waals surface area contributed by atoms with Crippen molar-refractivity contribution < 1.29 is 4.79 Å². The molecule has 1 N–H and O–H groups in total. The summed E-state index contributed by atoms with van der Waals surface area (Å²) in [7, 11) is 0. The number of nitrogens with one attached hydrogen (secondary N) is 1. The van der Waals surface area contributed by atoms with Crippen molar-refractivity contribution in [3.05, 3.63) is 95.1 Å². The van der Waals surface area contributed by atoms with E-state index >= 15 is 0 Å². The van der Waals surface area contributed by atoms with E-state index < -0.39 is 0 Å². The molecule has 4 aromatic rings. The predicted octanol–water partition coefficient (Wildman–Crippen LogP) is 6.89. The number of benzene rings is 3. The molecule has 0 spiro atoms. The Bertz CT molecular complexity index is 1210. The summed E-state index contributed by atoms with van der Waals surface area (Å²) in [6.07, 6.45) is 0. The number of carbonyl (C=O) groups excluding carboxylic acids is 1. The van der Waals surface area contributed by atoms with Crippen molar-refractivity contribution in [2.75, 3.05) is 5.32 Å². The number of pyridine rings is 1. The lowest BCUT2D eigenvalue weighted by molar-refractivity contribution is 0.102. The van der Waals surface area contributed by atoms with Gasteiger partial charge in [-0.3, -0.25) is 4.79 Å². The second-order valence-corrected chi connectivity index (χ2v) is 8.07. The van der Waals surface area contributed by atoms with Gasteiger partial charge in [0, 0.05) is 16.6 Å². The number of fused-ring (bicyclic) bond motifs is 1. The maximum absolute atomic E-state index is 13.4. The molecule has 0 saturated heterocycles. The highest BCUT2D eigenvalue weighted by atomic mass is 16.1. The lowest BCUT2D eigenvalue weighted by atomic mass is 9.96. The maximum atomic E-state index is 13.4. The van der Waals surface area contributed by atoms with Gasteiger partial charge in [-0.2, -0.15) is 0 Å². The molecule has 0 unspecified atom stereocenters. The first-order valence-electron chi connectivity index (χ1n) is 10.3. The zero-order valence-corrected chi connectivity index (χ0v) is 17.9. The number of carbonyl (C=O) groups is 1. The molecule has 150 valence electrons. The summed E-state index contributed by atoms with van der Waals surface area (Å²) >= 11 is 0.